The van der Waals surface area contributed by atoms with Gasteiger partial charge in [-0.15, -0.1) is 0 Å². The van der Waals surface area contributed by atoms with E-state index in [1.807, 2.05) is 30.3 Å². The molecule has 0 radical (unpaired) electrons. The molecular formula is C28H22ClN3O4S. The van der Waals surface area contributed by atoms with E-state index in [1.54, 1.807) is 49.4 Å². The summed E-state index contributed by atoms with van der Waals surface area (Å²) in [6.45, 7) is 1.97. The molecule has 0 aromatic heterocycles. The largest absolute Gasteiger partial charge is 0.462 e. The molecular weight excluding hydrogens is 510 g/mol. The van der Waals surface area contributed by atoms with Gasteiger partial charge in [0.1, 0.15) is 16.7 Å². The normalized spacial score (nSPS) is 16.2. The zero-order chi connectivity index (χ0) is 26.4. The molecule has 1 heterocycles. The van der Waals surface area contributed by atoms with Gasteiger partial charge in [-0.1, -0.05) is 59.8 Å². The molecule has 1 atom stereocenters. The van der Waals surface area contributed by atoms with Gasteiger partial charge in [-0.2, -0.15) is 5.26 Å². The quantitative estimate of drug-likeness (QED) is 0.243. The van der Waals surface area contributed by atoms with Crippen molar-refractivity contribution in [2.45, 2.75) is 18.6 Å². The second-order valence-electron chi connectivity index (χ2n) is 7.96. The SMILES string of the molecule is CCOC(=O)c1ccc(NC(=O)/C(C#N)=C2\SC(Cc3ccccc3Cl)C(=O)N2c2ccccc2)cc1. The van der Waals surface area contributed by atoms with Crippen LogP contribution in [0.5, 0.6) is 0 Å². The molecule has 7 nitrogen and oxygen atoms in total. The van der Waals surface area contributed by atoms with Crippen LogP contribution in [0.3, 0.4) is 0 Å². The average molecular weight is 532 g/mol. The third-order valence-electron chi connectivity index (χ3n) is 5.54. The summed E-state index contributed by atoms with van der Waals surface area (Å²) in [4.78, 5) is 40.0. The van der Waals surface area contributed by atoms with Crippen LogP contribution in [0.15, 0.2) is 89.5 Å². The van der Waals surface area contributed by atoms with E-state index in [1.165, 1.54) is 17.0 Å². The van der Waals surface area contributed by atoms with Crippen molar-refractivity contribution in [2.24, 2.45) is 0 Å². The van der Waals surface area contributed by atoms with Crippen molar-refractivity contribution in [3.05, 3.63) is 106 Å². The topological polar surface area (TPSA) is 99.5 Å². The van der Waals surface area contributed by atoms with E-state index < -0.39 is 17.1 Å². The molecule has 4 rings (SSSR count). The summed E-state index contributed by atoms with van der Waals surface area (Å²) < 4.78 is 4.97. The summed E-state index contributed by atoms with van der Waals surface area (Å²) in [7, 11) is 0. The number of halogens is 1. The van der Waals surface area contributed by atoms with Crippen molar-refractivity contribution in [1.29, 1.82) is 5.26 Å². The Labute approximate surface area is 223 Å². The molecule has 0 aliphatic carbocycles. The average Bonchev–Trinajstić information content (AvgIpc) is 3.22. The van der Waals surface area contributed by atoms with Crippen molar-refractivity contribution in [2.75, 3.05) is 16.8 Å². The Morgan fingerprint density at radius 3 is 2.38 bits per heavy atom. The summed E-state index contributed by atoms with van der Waals surface area (Å²) in [5.41, 5.74) is 1.89. The Bertz CT molecular complexity index is 1400. The lowest BCUT2D eigenvalue weighted by Crippen LogP contribution is -2.30. The molecule has 3 aromatic carbocycles. The zero-order valence-electron chi connectivity index (χ0n) is 19.8. The van der Waals surface area contributed by atoms with Crippen molar-refractivity contribution in [1.82, 2.24) is 0 Å². The van der Waals surface area contributed by atoms with Gasteiger partial charge < -0.3 is 10.1 Å². The second kappa shape index (κ2) is 11.8. The maximum absolute atomic E-state index is 13.5. The molecule has 2 amide bonds. The van der Waals surface area contributed by atoms with E-state index in [0.717, 1.165) is 17.3 Å². The molecule has 1 aliphatic rings. The Hall–Kier alpha value is -4.06. The van der Waals surface area contributed by atoms with Gasteiger partial charge in [-0.05, 0) is 61.4 Å². The van der Waals surface area contributed by atoms with Gasteiger partial charge in [0.15, 0.2) is 0 Å². The molecule has 0 bridgehead atoms. The molecule has 1 saturated heterocycles. The summed E-state index contributed by atoms with van der Waals surface area (Å²) in [6.07, 6.45) is 0.339. The molecule has 9 heteroatoms. The van der Waals surface area contributed by atoms with Crippen LogP contribution in [0, 0.1) is 11.3 Å². The Morgan fingerprint density at radius 1 is 1.05 bits per heavy atom. The maximum atomic E-state index is 13.5. The van der Waals surface area contributed by atoms with Gasteiger partial charge in [0.25, 0.3) is 5.91 Å². The van der Waals surface area contributed by atoms with Gasteiger partial charge in [0.05, 0.1) is 17.4 Å². The van der Waals surface area contributed by atoms with Crippen molar-refractivity contribution in [3.63, 3.8) is 0 Å². The number of nitrogens with one attached hydrogen (secondary N) is 1. The fourth-order valence-corrected chi connectivity index (χ4v) is 5.27. The van der Waals surface area contributed by atoms with Crippen LogP contribution in [-0.2, 0) is 20.7 Å². The molecule has 3 aromatic rings. The molecule has 37 heavy (non-hydrogen) atoms. The third kappa shape index (κ3) is 5.85. The van der Waals surface area contributed by atoms with E-state index in [-0.39, 0.29) is 23.1 Å². The first-order chi connectivity index (χ1) is 17.9. The van der Waals surface area contributed by atoms with Gasteiger partial charge in [0, 0.05) is 16.4 Å². The standard InChI is InChI=1S/C28H22ClN3O4S/c1-2-36-28(35)18-12-14-20(15-13-18)31-25(33)22(17-30)27-32(21-9-4-3-5-10-21)26(34)24(37-27)16-19-8-6-7-11-23(19)29/h3-15,24H,2,16H2,1H3,(H,31,33)/b27-22-. The molecule has 1 fully saturated rings. The zero-order valence-corrected chi connectivity index (χ0v) is 21.4. The summed E-state index contributed by atoms with van der Waals surface area (Å²) >= 11 is 7.49. The van der Waals surface area contributed by atoms with E-state index >= 15 is 0 Å². The second-order valence-corrected chi connectivity index (χ2v) is 9.55. The van der Waals surface area contributed by atoms with Crippen molar-refractivity contribution >= 4 is 52.5 Å². The van der Waals surface area contributed by atoms with Crippen LogP contribution in [0.25, 0.3) is 0 Å². The number of anilines is 2. The number of thioether (sulfide) groups is 1. The first-order valence-corrected chi connectivity index (χ1v) is 12.7. The first kappa shape index (κ1) is 26.0. The highest BCUT2D eigenvalue weighted by Gasteiger charge is 2.41. The minimum atomic E-state index is -0.666. The molecule has 0 saturated carbocycles. The van der Waals surface area contributed by atoms with Crippen LogP contribution >= 0.6 is 23.4 Å². The van der Waals surface area contributed by atoms with Gasteiger partial charge in [0.2, 0.25) is 5.91 Å². The molecule has 1 N–H and O–H groups in total. The number of hydrogen-bond acceptors (Lipinski definition) is 6. The van der Waals surface area contributed by atoms with Crippen LogP contribution in [0.4, 0.5) is 11.4 Å². The highest BCUT2D eigenvalue weighted by molar-refractivity contribution is 8.05. The predicted molar refractivity (Wildman–Crippen MR) is 144 cm³/mol. The molecule has 1 aliphatic heterocycles. The lowest BCUT2D eigenvalue weighted by Gasteiger charge is -2.18. The van der Waals surface area contributed by atoms with Gasteiger partial charge in [-0.3, -0.25) is 14.5 Å². The monoisotopic (exact) mass is 531 g/mol. The number of amides is 2. The van der Waals surface area contributed by atoms with Gasteiger partial charge >= 0.3 is 5.97 Å². The summed E-state index contributed by atoms with van der Waals surface area (Å²) in [6, 6.07) is 24.3. The predicted octanol–water partition coefficient (Wildman–Crippen LogP) is 5.58. The van der Waals surface area contributed by atoms with Crippen LogP contribution < -0.4 is 10.2 Å². The highest BCUT2D eigenvalue weighted by Crippen LogP contribution is 2.42. The molecule has 186 valence electrons. The summed E-state index contributed by atoms with van der Waals surface area (Å²) in [5.74, 6) is -1.38. The van der Waals surface area contributed by atoms with Crippen LogP contribution in [-0.4, -0.2) is 29.6 Å². The Balaban J connectivity index is 1.65. The molecule has 1 unspecified atom stereocenters. The van der Waals surface area contributed by atoms with E-state index in [9.17, 15) is 19.6 Å². The van der Waals surface area contributed by atoms with E-state index in [4.69, 9.17) is 16.3 Å². The fourth-order valence-electron chi connectivity index (χ4n) is 3.76. The number of carbonyl (C=O) groups is 3. The minimum Gasteiger partial charge on any atom is -0.462 e. The van der Waals surface area contributed by atoms with E-state index in [0.29, 0.717) is 28.4 Å². The number of ether oxygens (including phenoxy) is 1. The Kier molecular flexibility index (Phi) is 8.29. The molecule has 0 spiro atoms. The lowest BCUT2D eigenvalue weighted by atomic mass is 10.1. The number of nitrogens with zero attached hydrogens (tertiary/aromatic N) is 2. The third-order valence-corrected chi connectivity index (χ3v) is 7.17. The lowest BCUT2D eigenvalue weighted by molar-refractivity contribution is -0.117. The maximum Gasteiger partial charge on any atom is 0.338 e. The first-order valence-electron chi connectivity index (χ1n) is 11.4. The number of esters is 1. The van der Waals surface area contributed by atoms with Crippen LogP contribution in [0.2, 0.25) is 5.02 Å². The smallest absolute Gasteiger partial charge is 0.338 e. The highest BCUT2D eigenvalue weighted by atomic mass is 35.5. The Morgan fingerprint density at radius 2 is 1.73 bits per heavy atom. The minimum absolute atomic E-state index is 0.196. The number of rotatable bonds is 7. The number of nitriles is 1. The van der Waals surface area contributed by atoms with Crippen LogP contribution in [0.1, 0.15) is 22.8 Å². The number of benzene rings is 3. The fraction of sp³-hybridized carbons (Fsp3) is 0.143. The van der Waals surface area contributed by atoms with Crippen molar-refractivity contribution < 1.29 is 19.1 Å². The van der Waals surface area contributed by atoms with E-state index in [2.05, 4.69) is 5.32 Å². The number of carbonyl (C=O) groups excluding carboxylic acids is 3. The number of hydrogen-bond donors (Lipinski definition) is 1. The van der Waals surface area contributed by atoms with Gasteiger partial charge in [-0.25, -0.2) is 4.79 Å². The summed E-state index contributed by atoms with van der Waals surface area (Å²) in [5, 5.41) is 12.9. The number of para-hydroxylation sites is 1. The van der Waals surface area contributed by atoms with Crippen molar-refractivity contribution in [3.8, 4) is 6.07 Å².